The van der Waals surface area contributed by atoms with E-state index in [-0.39, 0.29) is 23.2 Å². The van der Waals surface area contributed by atoms with Crippen LogP contribution in [0.15, 0.2) is 0 Å². The van der Waals surface area contributed by atoms with E-state index in [2.05, 4.69) is 34.3 Å². The normalized spacial score (nSPS) is 15.1. The minimum Gasteiger partial charge on any atom is -0.347 e. The molecule has 0 saturated carbocycles. The lowest BCUT2D eigenvalue weighted by atomic mass is 9.96. The van der Waals surface area contributed by atoms with Gasteiger partial charge in [-0.25, -0.2) is 4.98 Å². The zero-order valence-corrected chi connectivity index (χ0v) is 12.9. The molecule has 0 aromatic carbocycles. The van der Waals surface area contributed by atoms with Gasteiger partial charge in [0.15, 0.2) is 0 Å². The van der Waals surface area contributed by atoms with Gasteiger partial charge in [0.1, 0.15) is 5.82 Å². The van der Waals surface area contributed by atoms with Crippen molar-refractivity contribution >= 4 is 5.91 Å². The molecular weight excluding hydrogens is 240 g/mol. The molecule has 0 aliphatic rings. The molecule has 2 atom stereocenters. The van der Waals surface area contributed by atoms with Crippen molar-refractivity contribution in [3.05, 3.63) is 11.6 Å². The molecule has 5 nitrogen and oxygen atoms in total. The second-order valence-corrected chi connectivity index (χ2v) is 6.38. The van der Waals surface area contributed by atoms with Crippen LogP contribution in [0.25, 0.3) is 0 Å². The molecule has 0 aliphatic heterocycles. The third kappa shape index (κ3) is 4.65. The van der Waals surface area contributed by atoms with Gasteiger partial charge in [-0.1, -0.05) is 41.0 Å². The van der Waals surface area contributed by atoms with E-state index in [0.717, 1.165) is 18.7 Å². The first-order valence-corrected chi connectivity index (χ1v) is 6.97. The molecule has 2 unspecified atom stereocenters. The second-order valence-electron chi connectivity index (χ2n) is 6.38. The summed E-state index contributed by atoms with van der Waals surface area (Å²) >= 11 is 0. The smallest absolute Gasteiger partial charge is 0.291 e. The fraction of sp³-hybridized carbons (Fsp3) is 0.786. The van der Waals surface area contributed by atoms with Crippen molar-refractivity contribution < 1.29 is 4.79 Å². The van der Waals surface area contributed by atoms with Crippen molar-refractivity contribution in [2.24, 2.45) is 5.92 Å². The molecule has 1 aromatic rings. The maximum Gasteiger partial charge on any atom is 0.291 e. The van der Waals surface area contributed by atoms with Crippen molar-refractivity contribution in [3.63, 3.8) is 0 Å². The van der Waals surface area contributed by atoms with Gasteiger partial charge >= 0.3 is 0 Å². The molecule has 0 bridgehead atoms. The zero-order chi connectivity index (χ0) is 14.6. The molecule has 108 valence electrons. The molecule has 2 N–H and O–H groups in total. The van der Waals surface area contributed by atoms with E-state index in [1.807, 2.05) is 27.7 Å². The minimum atomic E-state index is -0.206. The van der Waals surface area contributed by atoms with Gasteiger partial charge < -0.3 is 5.32 Å². The topological polar surface area (TPSA) is 70.7 Å². The Hall–Kier alpha value is -1.39. The fourth-order valence-corrected chi connectivity index (χ4v) is 1.82. The van der Waals surface area contributed by atoms with E-state index in [1.54, 1.807) is 0 Å². The van der Waals surface area contributed by atoms with Crippen LogP contribution in [0.5, 0.6) is 0 Å². The number of hydrogen-bond acceptors (Lipinski definition) is 3. The summed E-state index contributed by atoms with van der Waals surface area (Å²) in [5.41, 5.74) is -0.131. The Kier molecular flexibility index (Phi) is 5.09. The van der Waals surface area contributed by atoms with Crippen LogP contribution in [0.2, 0.25) is 0 Å². The van der Waals surface area contributed by atoms with Crippen molar-refractivity contribution in [1.29, 1.82) is 0 Å². The molecule has 1 amide bonds. The number of nitrogens with one attached hydrogen (secondary N) is 2. The Morgan fingerprint density at radius 3 is 2.47 bits per heavy atom. The third-order valence-corrected chi connectivity index (χ3v) is 3.23. The number of aromatic amines is 1. The highest BCUT2D eigenvalue weighted by Crippen LogP contribution is 2.17. The highest BCUT2D eigenvalue weighted by Gasteiger charge is 2.22. The number of rotatable bonds is 5. The molecule has 5 heteroatoms. The van der Waals surface area contributed by atoms with Gasteiger partial charge in [-0.2, -0.15) is 0 Å². The van der Waals surface area contributed by atoms with Crippen molar-refractivity contribution in [2.75, 3.05) is 0 Å². The highest BCUT2D eigenvalue weighted by atomic mass is 16.2. The van der Waals surface area contributed by atoms with Gasteiger partial charge in [-0.05, 0) is 19.3 Å². The molecule has 1 heterocycles. The summed E-state index contributed by atoms with van der Waals surface area (Å²) in [4.78, 5) is 16.3. The van der Waals surface area contributed by atoms with Crippen molar-refractivity contribution in [1.82, 2.24) is 20.5 Å². The Morgan fingerprint density at radius 1 is 1.37 bits per heavy atom. The maximum atomic E-state index is 12.0. The van der Waals surface area contributed by atoms with E-state index < -0.39 is 0 Å². The number of amides is 1. The predicted molar refractivity (Wildman–Crippen MR) is 76.1 cm³/mol. The molecule has 0 radical (unpaired) electrons. The molecule has 0 fully saturated rings. The molecular formula is C14H26N4O. The van der Waals surface area contributed by atoms with Gasteiger partial charge in [-0.3, -0.25) is 9.89 Å². The predicted octanol–water partition coefficient (Wildman–Crippen LogP) is 2.66. The standard InChI is InChI=1S/C14H26N4O/c1-7-9(2)8-10(3)15-12(19)11-16-13(18-17-11)14(4,5)6/h9-10H,7-8H2,1-6H3,(H,15,19)(H,16,17,18). The number of H-pyrrole nitrogens is 1. The molecule has 1 aromatic heterocycles. The third-order valence-electron chi connectivity index (χ3n) is 3.23. The van der Waals surface area contributed by atoms with Crippen molar-refractivity contribution in [3.8, 4) is 0 Å². The number of nitrogens with zero attached hydrogens (tertiary/aromatic N) is 2. The van der Waals surface area contributed by atoms with Crippen LogP contribution in [0.1, 0.15) is 70.8 Å². The van der Waals surface area contributed by atoms with E-state index in [4.69, 9.17) is 0 Å². The van der Waals surface area contributed by atoms with E-state index >= 15 is 0 Å². The Bertz CT molecular complexity index is 419. The summed E-state index contributed by atoms with van der Waals surface area (Å²) in [7, 11) is 0. The largest absolute Gasteiger partial charge is 0.347 e. The Morgan fingerprint density at radius 2 is 2.00 bits per heavy atom. The summed E-state index contributed by atoms with van der Waals surface area (Å²) < 4.78 is 0. The van der Waals surface area contributed by atoms with Gasteiger partial charge in [0.2, 0.25) is 5.82 Å². The quantitative estimate of drug-likeness (QED) is 0.860. The fourth-order valence-electron chi connectivity index (χ4n) is 1.82. The number of hydrogen-bond donors (Lipinski definition) is 2. The maximum absolute atomic E-state index is 12.0. The first kappa shape index (κ1) is 15.7. The first-order chi connectivity index (χ1) is 8.74. The van der Waals surface area contributed by atoms with Gasteiger partial charge in [0, 0.05) is 11.5 Å². The molecule has 0 aliphatic carbocycles. The van der Waals surface area contributed by atoms with Gasteiger partial charge in [-0.15, -0.1) is 5.10 Å². The molecule has 19 heavy (non-hydrogen) atoms. The van der Waals surface area contributed by atoms with E-state index in [0.29, 0.717) is 5.92 Å². The number of aromatic nitrogens is 3. The number of carbonyl (C=O) groups excluding carboxylic acids is 1. The van der Waals surface area contributed by atoms with Crippen LogP contribution < -0.4 is 5.32 Å². The lowest BCUT2D eigenvalue weighted by Gasteiger charge is -2.16. The second kappa shape index (κ2) is 6.17. The van der Waals surface area contributed by atoms with Crippen LogP contribution in [0.3, 0.4) is 0 Å². The average molecular weight is 266 g/mol. The summed E-state index contributed by atoms with van der Waals surface area (Å²) in [5.74, 6) is 1.35. The lowest BCUT2D eigenvalue weighted by Crippen LogP contribution is -2.34. The summed E-state index contributed by atoms with van der Waals surface area (Å²) in [6, 6.07) is 0.138. The monoisotopic (exact) mass is 266 g/mol. The number of carbonyl (C=O) groups is 1. The highest BCUT2D eigenvalue weighted by molar-refractivity contribution is 5.90. The van der Waals surface area contributed by atoms with Crippen LogP contribution in [0, 0.1) is 5.92 Å². The Balaban J connectivity index is 2.61. The van der Waals surface area contributed by atoms with Crippen LogP contribution >= 0.6 is 0 Å². The molecule has 0 saturated heterocycles. The Labute approximate surface area is 115 Å². The summed E-state index contributed by atoms with van der Waals surface area (Å²) in [5, 5.41) is 9.76. The SMILES string of the molecule is CCC(C)CC(C)NC(=O)c1n[nH]c(C(C)(C)C)n1. The van der Waals surface area contributed by atoms with Crippen LogP contribution in [-0.2, 0) is 5.41 Å². The lowest BCUT2D eigenvalue weighted by molar-refractivity contribution is 0.0925. The summed E-state index contributed by atoms with van der Waals surface area (Å²) in [6.07, 6.45) is 2.09. The average Bonchev–Trinajstić information content (AvgIpc) is 2.77. The van der Waals surface area contributed by atoms with E-state index in [9.17, 15) is 4.79 Å². The van der Waals surface area contributed by atoms with E-state index in [1.165, 1.54) is 0 Å². The van der Waals surface area contributed by atoms with Crippen molar-refractivity contribution in [2.45, 2.75) is 65.8 Å². The first-order valence-electron chi connectivity index (χ1n) is 6.97. The molecule has 1 rings (SSSR count). The summed E-state index contributed by atoms with van der Waals surface area (Å²) in [6.45, 7) is 12.4. The zero-order valence-electron chi connectivity index (χ0n) is 12.9. The van der Waals surface area contributed by atoms with Crippen LogP contribution in [0.4, 0.5) is 0 Å². The van der Waals surface area contributed by atoms with Gasteiger partial charge in [0.05, 0.1) is 0 Å². The molecule has 0 spiro atoms. The van der Waals surface area contributed by atoms with Crippen LogP contribution in [-0.4, -0.2) is 27.1 Å². The minimum absolute atomic E-state index is 0.131. The van der Waals surface area contributed by atoms with Gasteiger partial charge in [0.25, 0.3) is 5.91 Å².